The number of rotatable bonds is 4. The maximum Gasteiger partial charge on any atom is 0.223 e. The first-order chi connectivity index (χ1) is 6.27. The second-order valence-electron chi connectivity index (χ2n) is 3.40. The lowest BCUT2D eigenvalue weighted by Crippen LogP contribution is -2.25. The molecule has 0 spiro atoms. The average molecular weight is 202 g/mol. The minimum absolute atomic E-state index is 0.283. The van der Waals surface area contributed by atoms with Crippen LogP contribution in [0, 0.1) is 5.92 Å². The molecule has 1 aliphatic rings. The number of likely N-dealkylation sites (tertiary alicyclic amines) is 1. The number of halogens is 1. The zero-order valence-corrected chi connectivity index (χ0v) is 8.76. The van der Waals surface area contributed by atoms with Crippen LogP contribution in [0.4, 0.5) is 0 Å². The molecule has 0 radical (unpaired) electrons. The first-order valence-corrected chi connectivity index (χ1v) is 5.30. The highest BCUT2D eigenvalue weighted by molar-refractivity contribution is 6.18. The predicted octanol–water partition coefficient (Wildman–Crippen LogP) is 2.04. The smallest absolute Gasteiger partial charge is 0.223 e. The number of amides is 1. The summed E-state index contributed by atoms with van der Waals surface area (Å²) in [6.07, 6.45) is 5.67. The maximum absolute atomic E-state index is 11.4. The van der Waals surface area contributed by atoms with Gasteiger partial charge in [-0.05, 0) is 5.92 Å². The van der Waals surface area contributed by atoms with Crippen LogP contribution in [0.2, 0.25) is 0 Å². The van der Waals surface area contributed by atoms with Gasteiger partial charge in [-0.25, -0.2) is 0 Å². The summed E-state index contributed by atoms with van der Waals surface area (Å²) in [5.41, 5.74) is 0. The van der Waals surface area contributed by atoms with E-state index in [0.717, 1.165) is 25.9 Å². The normalized spacial score (nSPS) is 23.4. The quantitative estimate of drug-likeness (QED) is 0.504. The molecular formula is C10H16ClNO. The number of allylic oxidation sites excluding steroid dienone is 1. The minimum Gasteiger partial charge on any atom is -0.339 e. The highest BCUT2D eigenvalue weighted by atomic mass is 35.5. The molecule has 0 aliphatic carbocycles. The fourth-order valence-electron chi connectivity index (χ4n) is 1.57. The van der Waals surface area contributed by atoms with Crippen LogP contribution < -0.4 is 0 Å². The lowest BCUT2D eigenvalue weighted by Gasteiger charge is -2.13. The molecule has 1 fully saturated rings. The van der Waals surface area contributed by atoms with Crippen molar-refractivity contribution < 1.29 is 4.79 Å². The van der Waals surface area contributed by atoms with Crippen LogP contribution in [0.3, 0.4) is 0 Å². The van der Waals surface area contributed by atoms with Crippen molar-refractivity contribution in [2.45, 2.75) is 19.8 Å². The van der Waals surface area contributed by atoms with E-state index in [0.29, 0.717) is 11.8 Å². The molecule has 0 bridgehead atoms. The van der Waals surface area contributed by atoms with Gasteiger partial charge in [0.25, 0.3) is 0 Å². The Kier molecular flexibility index (Phi) is 4.29. The van der Waals surface area contributed by atoms with Crippen molar-refractivity contribution in [3.63, 3.8) is 0 Å². The minimum atomic E-state index is 0.283. The highest BCUT2D eigenvalue weighted by Crippen LogP contribution is 2.19. The molecule has 1 unspecified atom stereocenters. The van der Waals surface area contributed by atoms with Crippen molar-refractivity contribution in [2.24, 2.45) is 5.92 Å². The molecule has 1 rings (SSSR count). The van der Waals surface area contributed by atoms with Gasteiger partial charge in [-0.1, -0.05) is 25.5 Å². The van der Waals surface area contributed by atoms with Crippen LogP contribution in [-0.2, 0) is 4.79 Å². The van der Waals surface area contributed by atoms with Crippen molar-refractivity contribution in [1.29, 1.82) is 0 Å². The van der Waals surface area contributed by atoms with Crippen LogP contribution in [0.1, 0.15) is 19.8 Å². The molecule has 13 heavy (non-hydrogen) atoms. The Labute approximate surface area is 84.6 Å². The monoisotopic (exact) mass is 201 g/mol. The van der Waals surface area contributed by atoms with Crippen molar-refractivity contribution in [2.75, 3.05) is 19.0 Å². The summed E-state index contributed by atoms with van der Waals surface area (Å²) in [4.78, 5) is 13.3. The van der Waals surface area contributed by atoms with E-state index in [1.807, 2.05) is 17.1 Å². The average Bonchev–Trinajstić information content (AvgIpc) is 2.48. The van der Waals surface area contributed by atoms with E-state index in [9.17, 15) is 4.79 Å². The zero-order chi connectivity index (χ0) is 9.68. The Morgan fingerprint density at radius 1 is 1.62 bits per heavy atom. The van der Waals surface area contributed by atoms with Crippen LogP contribution in [-0.4, -0.2) is 29.8 Å². The van der Waals surface area contributed by atoms with Gasteiger partial charge in [-0.2, -0.15) is 0 Å². The molecule has 1 heterocycles. The Balaban J connectivity index is 2.35. The molecule has 1 amide bonds. The van der Waals surface area contributed by atoms with Crippen LogP contribution in [0.15, 0.2) is 12.2 Å². The maximum atomic E-state index is 11.4. The fourth-order valence-corrected chi connectivity index (χ4v) is 1.69. The third kappa shape index (κ3) is 3.03. The first-order valence-electron chi connectivity index (χ1n) is 4.76. The zero-order valence-electron chi connectivity index (χ0n) is 8.00. The standard InChI is InChI=1S/C10H16ClNO/c1-2-9-7-10(13)12(8-9)6-4-3-5-11/h3-4,9H,2,5-8H2,1H3. The van der Waals surface area contributed by atoms with Gasteiger partial charge < -0.3 is 4.90 Å². The van der Waals surface area contributed by atoms with E-state index in [-0.39, 0.29) is 5.91 Å². The molecule has 1 aliphatic heterocycles. The number of nitrogens with zero attached hydrogens (tertiary/aromatic N) is 1. The van der Waals surface area contributed by atoms with E-state index < -0.39 is 0 Å². The molecule has 1 atom stereocenters. The largest absolute Gasteiger partial charge is 0.339 e. The second-order valence-corrected chi connectivity index (χ2v) is 3.71. The Bertz CT molecular complexity index is 203. The number of alkyl halides is 1. The van der Waals surface area contributed by atoms with Gasteiger partial charge >= 0.3 is 0 Å². The molecule has 1 saturated heterocycles. The van der Waals surface area contributed by atoms with Gasteiger partial charge in [-0.3, -0.25) is 4.79 Å². The third-order valence-corrected chi connectivity index (χ3v) is 2.63. The summed E-state index contributed by atoms with van der Waals surface area (Å²) in [6, 6.07) is 0. The Morgan fingerprint density at radius 2 is 2.38 bits per heavy atom. The van der Waals surface area contributed by atoms with Crippen LogP contribution in [0.25, 0.3) is 0 Å². The number of hydrogen-bond acceptors (Lipinski definition) is 1. The molecule has 0 N–H and O–H groups in total. The summed E-state index contributed by atoms with van der Waals surface area (Å²) >= 11 is 5.49. The second kappa shape index (κ2) is 5.28. The summed E-state index contributed by atoms with van der Waals surface area (Å²) in [7, 11) is 0. The van der Waals surface area contributed by atoms with Crippen LogP contribution in [0.5, 0.6) is 0 Å². The molecule has 0 aromatic rings. The highest BCUT2D eigenvalue weighted by Gasteiger charge is 2.26. The summed E-state index contributed by atoms with van der Waals surface area (Å²) < 4.78 is 0. The molecule has 3 heteroatoms. The topological polar surface area (TPSA) is 20.3 Å². The van der Waals surface area contributed by atoms with E-state index >= 15 is 0 Å². The summed E-state index contributed by atoms with van der Waals surface area (Å²) in [5, 5.41) is 0. The summed E-state index contributed by atoms with van der Waals surface area (Å²) in [5.74, 6) is 1.38. The molecule has 2 nitrogen and oxygen atoms in total. The third-order valence-electron chi connectivity index (χ3n) is 2.45. The Morgan fingerprint density at radius 3 is 2.92 bits per heavy atom. The van der Waals surface area contributed by atoms with Crippen molar-refractivity contribution in [3.8, 4) is 0 Å². The van der Waals surface area contributed by atoms with Gasteiger partial charge in [0, 0.05) is 25.4 Å². The number of carbonyl (C=O) groups is 1. The van der Waals surface area contributed by atoms with E-state index in [1.54, 1.807) is 0 Å². The van der Waals surface area contributed by atoms with Gasteiger partial charge in [0.1, 0.15) is 0 Å². The molecule has 74 valence electrons. The SMILES string of the molecule is CCC1CC(=O)N(CC=CCCl)C1. The van der Waals surface area contributed by atoms with Crippen molar-refractivity contribution in [1.82, 2.24) is 4.90 Å². The molecule has 0 aromatic heterocycles. The first kappa shape index (κ1) is 10.6. The predicted molar refractivity (Wildman–Crippen MR) is 54.8 cm³/mol. The van der Waals surface area contributed by atoms with E-state index in [1.165, 1.54) is 0 Å². The number of carbonyl (C=O) groups excluding carboxylic acids is 1. The molecule has 0 aromatic carbocycles. The van der Waals surface area contributed by atoms with Crippen LogP contribution >= 0.6 is 11.6 Å². The number of hydrogen-bond donors (Lipinski definition) is 0. The van der Waals surface area contributed by atoms with Gasteiger partial charge in [0.05, 0.1) is 0 Å². The lowest BCUT2D eigenvalue weighted by molar-refractivity contribution is -0.127. The van der Waals surface area contributed by atoms with Gasteiger partial charge in [-0.15, -0.1) is 11.6 Å². The van der Waals surface area contributed by atoms with E-state index in [2.05, 4.69) is 6.92 Å². The van der Waals surface area contributed by atoms with E-state index in [4.69, 9.17) is 11.6 Å². The molecule has 0 saturated carbocycles. The molecular weight excluding hydrogens is 186 g/mol. The van der Waals surface area contributed by atoms with Crippen molar-refractivity contribution >= 4 is 17.5 Å². The lowest BCUT2D eigenvalue weighted by atomic mass is 10.1. The fraction of sp³-hybridized carbons (Fsp3) is 0.700. The van der Waals surface area contributed by atoms with Gasteiger partial charge in [0.15, 0.2) is 0 Å². The van der Waals surface area contributed by atoms with Gasteiger partial charge in [0.2, 0.25) is 5.91 Å². The van der Waals surface area contributed by atoms with Crippen molar-refractivity contribution in [3.05, 3.63) is 12.2 Å². The Hall–Kier alpha value is -0.500. The summed E-state index contributed by atoms with van der Waals surface area (Å²) in [6.45, 7) is 3.78.